The number of methoxy groups -OCH3 is 1. The van der Waals surface area contributed by atoms with Gasteiger partial charge in [0.25, 0.3) is 5.91 Å². The minimum atomic E-state index is -0.407. The Labute approximate surface area is 128 Å². The van der Waals surface area contributed by atoms with E-state index in [2.05, 4.69) is 4.98 Å². The summed E-state index contributed by atoms with van der Waals surface area (Å²) in [5.74, 6) is -0.559. The zero-order valence-corrected chi connectivity index (χ0v) is 12.5. The zero-order chi connectivity index (χ0) is 15.7. The first-order chi connectivity index (χ1) is 10.6. The van der Waals surface area contributed by atoms with Crippen molar-refractivity contribution >= 4 is 17.6 Å². The van der Waals surface area contributed by atoms with Gasteiger partial charge in [-0.15, -0.1) is 0 Å². The number of esters is 1. The lowest BCUT2D eigenvalue weighted by Gasteiger charge is -2.17. The first-order valence-electron chi connectivity index (χ1n) is 7.06. The second-order valence-electron chi connectivity index (χ2n) is 5.26. The van der Waals surface area contributed by atoms with Crippen molar-refractivity contribution in [3.05, 3.63) is 58.9 Å². The van der Waals surface area contributed by atoms with Gasteiger partial charge in [-0.05, 0) is 42.7 Å². The molecule has 1 aliphatic heterocycles. The second-order valence-corrected chi connectivity index (χ2v) is 5.26. The summed E-state index contributed by atoms with van der Waals surface area (Å²) < 4.78 is 4.73. The average molecular weight is 296 g/mol. The molecule has 0 radical (unpaired) electrons. The van der Waals surface area contributed by atoms with E-state index >= 15 is 0 Å². The van der Waals surface area contributed by atoms with E-state index in [-0.39, 0.29) is 5.91 Å². The molecule has 0 N–H and O–H groups in total. The first kappa shape index (κ1) is 14.3. The average Bonchev–Trinajstić information content (AvgIpc) is 2.97. The van der Waals surface area contributed by atoms with Gasteiger partial charge in [0.1, 0.15) is 5.69 Å². The van der Waals surface area contributed by atoms with E-state index < -0.39 is 5.97 Å². The lowest BCUT2D eigenvalue weighted by Crippen LogP contribution is -2.29. The molecule has 0 fully saturated rings. The van der Waals surface area contributed by atoms with Crippen LogP contribution < -0.4 is 4.90 Å². The molecule has 1 aliphatic rings. The molecule has 0 bridgehead atoms. The Morgan fingerprint density at radius 1 is 1.23 bits per heavy atom. The van der Waals surface area contributed by atoms with E-state index in [1.54, 1.807) is 29.3 Å². The summed E-state index contributed by atoms with van der Waals surface area (Å²) in [6.07, 6.45) is 2.45. The summed E-state index contributed by atoms with van der Waals surface area (Å²) in [5, 5.41) is 0. The quantitative estimate of drug-likeness (QED) is 0.798. The molecule has 22 heavy (non-hydrogen) atoms. The first-order valence-corrected chi connectivity index (χ1v) is 7.06. The summed E-state index contributed by atoms with van der Waals surface area (Å²) in [6, 6.07) is 8.89. The van der Waals surface area contributed by atoms with Gasteiger partial charge in [-0.2, -0.15) is 0 Å². The molecule has 0 saturated heterocycles. The van der Waals surface area contributed by atoms with Gasteiger partial charge in [0, 0.05) is 18.4 Å². The van der Waals surface area contributed by atoms with E-state index in [4.69, 9.17) is 4.74 Å². The Bertz CT molecular complexity index is 738. The molecule has 0 aliphatic carbocycles. The van der Waals surface area contributed by atoms with Crippen molar-refractivity contribution in [3.63, 3.8) is 0 Å². The molecule has 1 amide bonds. The number of amides is 1. The molecular weight excluding hydrogens is 280 g/mol. The Morgan fingerprint density at radius 2 is 2.05 bits per heavy atom. The third kappa shape index (κ3) is 2.45. The second kappa shape index (κ2) is 5.60. The fourth-order valence-electron chi connectivity index (χ4n) is 2.57. The molecule has 3 rings (SSSR count). The van der Waals surface area contributed by atoms with Crippen LogP contribution in [0.15, 0.2) is 36.5 Å². The molecule has 0 atom stereocenters. The van der Waals surface area contributed by atoms with Gasteiger partial charge >= 0.3 is 5.97 Å². The number of anilines is 1. The monoisotopic (exact) mass is 296 g/mol. The summed E-state index contributed by atoms with van der Waals surface area (Å²) in [5.41, 5.74) is 3.66. The molecule has 0 unspecified atom stereocenters. The maximum atomic E-state index is 12.6. The summed E-state index contributed by atoms with van der Waals surface area (Å²) in [4.78, 5) is 30.1. The van der Waals surface area contributed by atoms with Crippen molar-refractivity contribution in [3.8, 4) is 0 Å². The van der Waals surface area contributed by atoms with E-state index in [0.717, 1.165) is 23.2 Å². The number of rotatable bonds is 2. The number of aryl methyl sites for hydroxylation is 1. The van der Waals surface area contributed by atoms with Gasteiger partial charge in [0.05, 0.1) is 12.7 Å². The van der Waals surface area contributed by atoms with Gasteiger partial charge in [0.15, 0.2) is 0 Å². The van der Waals surface area contributed by atoms with Crippen molar-refractivity contribution in [2.24, 2.45) is 0 Å². The van der Waals surface area contributed by atoms with E-state index in [1.165, 1.54) is 7.11 Å². The third-order valence-corrected chi connectivity index (χ3v) is 3.78. The molecule has 5 heteroatoms. The van der Waals surface area contributed by atoms with E-state index in [9.17, 15) is 9.59 Å². The number of fused-ring (bicyclic) bond motifs is 1. The molecule has 1 aromatic heterocycles. The summed E-state index contributed by atoms with van der Waals surface area (Å²) in [7, 11) is 1.34. The Kier molecular flexibility index (Phi) is 3.63. The number of hydrogen-bond acceptors (Lipinski definition) is 4. The molecule has 0 saturated carbocycles. The Hall–Kier alpha value is -2.69. The smallest absolute Gasteiger partial charge is 0.337 e. The number of carbonyl (C=O) groups excluding carboxylic acids is 2. The van der Waals surface area contributed by atoms with Gasteiger partial charge < -0.3 is 9.64 Å². The van der Waals surface area contributed by atoms with Crippen LogP contribution in [-0.4, -0.2) is 30.5 Å². The third-order valence-electron chi connectivity index (χ3n) is 3.78. The molecular formula is C17H16N2O3. The number of pyridine rings is 1. The SMILES string of the molecule is COC(=O)c1ccc2c(c1)N(C(=O)c1ccc(C)cn1)CC2. The van der Waals surface area contributed by atoms with Crippen LogP contribution in [0, 0.1) is 6.92 Å². The van der Waals surface area contributed by atoms with Crippen LogP contribution in [0.2, 0.25) is 0 Å². The number of ether oxygens (including phenoxy) is 1. The van der Waals surface area contributed by atoms with Crippen LogP contribution in [0.1, 0.15) is 32.0 Å². The van der Waals surface area contributed by atoms with Crippen LogP contribution in [0.25, 0.3) is 0 Å². The van der Waals surface area contributed by atoms with Crippen LogP contribution in [0.5, 0.6) is 0 Å². The van der Waals surface area contributed by atoms with Crippen molar-refractivity contribution in [1.82, 2.24) is 4.98 Å². The fourth-order valence-corrected chi connectivity index (χ4v) is 2.57. The number of hydrogen-bond donors (Lipinski definition) is 0. The highest BCUT2D eigenvalue weighted by Gasteiger charge is 2.27. The molecule has 2 aromatic rings. The topological polar surface area (TPSA) is 59.5 Å². The van der Waals surface area contributed by atoms with Crippen molar-refractivity contribution in [1.29, 1.82) is 0 Å². The predicted molar refractivity (Wildman–Crippen MR) is 82.1 cm³/mol. The van der Waals surface area contributed by atoms with Gasteiger partial charge in [-0.1, -0.05) is 12.1 Å². The standard InChI is InChI=1S/C17H16N2O3/c1-11-3-6-14(18-10-11)16(20)19-8-7-12-4-5-13(9-15(12)19)17(21)22-2/h3-6,9-10H,7-8H2,1-2H3. The maximum absolute atomic E-state index is 12.6. The van der Waals surface area contributed by atoms with Crippen LogP contribution in [0.3, 0.4) is 0 Å². The lowest BCUT2D eigenvalue weighted by molar-refractivity contribution is 0.0600. The summed E-state index contributed by atoms with van der Waals surface area (Å²) >= 11 is 0. The largest absolute Gasteiger partial charge is 0.465 e. The van der Waals surface area contributed by atoms with Crippen LogP contribution in [-0.2, 0) is 11.2 Å². The van der Waals surface area contributed by atoms with E-state index in [1.807, 2.05) is 19.1 Å². The van der Waals surface area contributed by atoms with Crippen molar-refractivity contribution in [2.45, 2.75) is 13.3 Å². The summed E-state index contributed by atoms with van der Waals surface area (Å²) in [6.45, 7) is 2.52. The number of aromatic nitrogens is 1. The normalized spacial score (nSPS) is 12.9. The number of nitrogens with zero attached hydrogens (tertiary/aromatic N) is 2. The van der Waals surface area contributed by atoms with Gasteiger partial charge in [-0.25, -0.2) is 4.79 Å². The van der Waals surface area contributed by atoms with Crippen molar-refractivity contribution in [2.75, 3.05) is 18.6 Å². The number of benzene rings is 1. The molecule has 5 nitrogen and oxygen atoms in total. The lowest BCUT2D eigenvalue weighted by atomic mass is 10.1. The van der Waals surface area contributed by atoms with Crippen molar-refractivity contribution < 1.29 is 14.3 Å². The molecule has 112 valence electrons. The van der Waals surface area contributed by atoms with Gasteiger partial charge in [0.2, 0.25) is 0 Å². The highest BCUT2D eigenvalue weighted by Crippen LogP contribution is 2.30. The zero-order valence-electron chi connectivity index (χ0n) is 12.5. The Morgan fingerprint density at radius 3 is 2.73 bits per heavy atom. The predicted octanol–water partition coefficient (Wildman–Crippen LogP) is 2.38. The molecule has 0 spiro atoms. The maximum Gasteiger partial charge on any atom is 0.337 e. The highest BCUT2D eigenvalue weighted by atomic mass is 16.5. The van der Waals surface area contributed by atoms with Crippen LogP contribution >= 0.6 is 0 Å². The molecule has 2 heterocycles. The van der Waals surface area contributed by atoms with E-state index in [0.29, 0.717) is 17.8 Å². The Balaban J connectivity index is 1.94. The minimum Gasteiger partial charge on any atom is -0.465 e. The van der Waals surface area contributed by atoms with Crippen LogP contribution in [0.4, 0.5) is 5.69 Å². The fraction of sp³-hybridized carbons (Fsp3) is 0.235. The van der Waals surface area contributed by atoms with Gasteiger partial charge in [-0.3, -0.25) is 9.78 Å². The minimum absolute atomic E-state index is 0.152. The highest BCUT2D eigenvalue weighted by molar-refractivity contribution is 6.06. The molecule has 1 aromatic carbocycles. The number of carbonyl (C=O) groups is 2.